The second-order valence-corrected chi connectivity index (χ2v) is 6.34. The number of aromatic nitrogens is 1. The zero-order valence-corrected chi connectivity index (χ0v) is 15.7. The van der Waals surface area contributed by atoms with Crippen LogP contribution in [0.25, 0.3) is 10.9 Å². The van der Waals surface area contributed by atoms with Crippen molar-refractivity contribution >= 4 is 22.8 Å². The molecule has 9 heteroatoms. The second kappa shape index (κ2) is 8.30. The van der Waals surface area contributed by atoms with Crippen molar-refractivity contribution in [1.82, 2.24) is 9.88 Å². The normalized spacial score (nSPS) is 14.4. The van der Waals surface area contributed by atoms with Crippen molar-refractivity contribution in [3.63, 3.8) is 0 Å². The summed E-state index contributed by atoms with van der Waals surface area (Å²) in [6.45, 7) is 0.277. The summed E-state index contributed by atoms with van der Waals surface area (Å²) in [5.41, 5.74) is -0.0784. The molecule has 9 nitrogen and oxygen atoms in total. The van der Waals surface area contributed by atoms with Gasteiger partial charge >= 0.3 is 5.97 Å². The lowest BCUT2D eigenvalue weighted by Gasteiger charge is -2.21. The van der Waals surface area contributed by atoms with Crippen LogP contribution in [0, 0.1) is 0 Å². The van der Waals surface area contributed by atoms with Gasteiger partial charge in [-0.05, 0) is 31.0 Å². The van der Waals surface area contributed by atoms with Crippen LogP contribution >= 0.6 is 0 Å². The number of esters is 1. The summed E-state index contributed by atoms with van der Waals surface area (Å²) in [7, 11) is 2.67. The van der Waals surface area contributed by atoms with E-state index in [9.17, 15) is 19.5 Å². The molecule has 1 amide bonds. The first-order valence-corrected chi connectivity index (χ1v) is 8.88. The third-order valence-electron chi connectivity index (χ3n) is 4.63. The molecule has 1 aromatic carbocycles. The van der Waals surface area contributed by atoms with Gasteiger partial charge in [-0.1, -0.05) is 0 Å². The Morgan fingerprint density at radius 1 is 1.32 bits per heavy atom. The third kappa shape index (κ3) is 3.53. The standard InChI is InChI=1S/C19H22N2O7/c1-26-14-6-5-11-9-12(17(23)20-13(10-22)19(25)27-2)18(24)21-7-3-4-8-28-16(14)15(11)21/h5-6,9,13,22H,3-4,7-8,10H2,1-2H3,(H,20,23). The van der Waals surface area contributed by atoms with E-state index in [0.29, 0.717) is 42.0 Å². The van der Waals surface area contributed by atoms with E-state index in [0.717, 1.165) is 13.5 Å². The molecule has 0 saturated carbocycles. The largest absolute Gasteiger partial charge is 0.493 e. The Morgan fingerprint density at radius 3 is 2.79 bits per heavy atom. The lowest BCUT2D eigenvalue weighted by molar-refractivity contribution is -0.143. The molecule has 1 atom stereocenters. The summed E-state index contributed by atoms with van der Waals surface area (Å²) < 4.78 is 17.2. The second-order valence-electron chi connectivity index (χ2n) is 6.34. The van der Waals surface area contributed by atoms with Crippen LogP contribution in [0.2, 0.25) is 0 Å². The minimum Gasteiger partial charge on any atom is -0.493 e. The fourth-order valence-electron chi connectivity index (χ4n) is 3.21. The number of carbonyl (C=O) groups is 2. The molecule has 0 saturated heterocycles. The van der Waals surface area contributed by atoms with E-state index in [2.05, 4.69) is 10.1 Å². The fraction of sp³-hybridized carbons (Fsp3) is 0.421. The van der Waals surface area contributed by atoms with Gasteiger partial charge in [0.2, 0.25) is 0 Å². The molecule has 150 valence electrons. The quantitative estimate of drug-likeness (QED) is 0.712. The Bertz CT molecular complexity index is 967. The fourth-order valence-corrected chi connectivity index (χ4v) is 3.21. The average molecular weight is 390 g/mol. The topological polar surface area (TPSA) is 116 Å². The number of aliphatic hydroxyl groups excluding tert-OH is 1. The van der Waals surface area contributed by atoms with Crippen LogP contribution in [0.1, 0.15) is 23.2 Å². The van der Waals surface area contributed by atoms with Crippen LogP contribution in [-0.4, -0.2) is 55.0 Å². The summed E-state index contributed by atoms with van der Waals surface area (Å²) in [6.07, 6.45) is 1.45. The number of carbonyl (C=O) groups excluding carboxylic acids is 2. The highest BCUT2D eigenvalue weighted by molar-refractivity contribution is 6.00. The number of aryl methyl sites for hydroxylation is 1. The first kappa shape index (κ1) is 19.7. The van der Waals surface area contributed by atoms with Crippen molar-refractivity contribution in [2.45, 2.75) is 25.4 Å². The molecule has 0 radical (unpaired) electrons. The van der Waals surface area contributed by atoms with Crippen molar-refractivity contribution in [2.24, 2.45) is 0 Å². The number of methoxy groups -OCH3 is 2. The molecule has 2 N–H and O–H groups in total. The molecule has 1 aromatic heterocycles. The zero-order valence-electron chi connectivity index (χ0n) is 15.7. The summed E-state index contributed by atoms with van der Waals surface area (Å²) in [5, 5.41) is 12.3. The molecule has 1 unspecified atom stereocenters. The van der Waals surface area contributed by atoms with Crippen molar-refractivity contribution in [1.29, 1.82) is 0 Å². The molecule has 1 aliphatic rings. The van der Waals surface area contributed by atoms with E-state index in [1.807, 2.05) is 0 Å². The average Bonchev–Trinajstić information content (AvgIpc) is 2.69. The molecular weight excluding hydrogens is 368 g/mol. The molecule has 2 aromatic rings. The van der Waals surface area contributed by atoms with Crippen molar-refractivity contribution < 1.29 is 28.9 Å². The molecule has 2 heterocycles. The number of pyridine rings is 1. The van der Waals surface area contributed by atoms with E-state index >= 15 is 0 Å². The number of ether oxygens (including phenoxy) is 3. The van der Waals surface area contributed by atoms with E-state index < -0.39 is 30.1 Å². The number of nitrogens with one attached hydrogen (secondary N) is 1. The number of amides is 1. The van der Waals surface area contributed by atoms with Crippen LogP contribution in [0.15, 0.2) is 23.0 Å². The van der Waals surface area contributed by atoms with Gasteiger partial charge in [-0.25, -0.2) is 4.79 Å². The van der Waals surface area contributed by atoms with Crippen LogP contribution in [0.3, 0.4) is 0 Å². The number of hydrogen-bond donors (Lipinski definition) is 2. The summed E-state index contributed by atoms with van der Waals surface area (Å²) in [6, 6.07) is 3.64. The van der Waals surface area contributed by atoms with Gasteiger partial charge in [0.1, 0.15) is 5.56 Å². The third-order valence-corrected chi connectivity index (χ3v) is 4.63. The summed E-state index contributed by atoms with van der Waals surface area (Å²) in [4.78, 5) is 37.3. The van der Waals surface area contributed by atoms with Gasteiger partial charge in [0.15, 0.2) is 17.5 Å². The SMILES string of the molecule is COC(=O)C(CO)NC(=O)c1cc2ccc(OC)c3c2n(c1=O)CCCCO3. The Labute approximate surface area is 160 Å². The van der Waals surface area contributed by atoms with E-state index in [-0.39, 0.29) is 5.56 Å². The lowest BCUT2D eigenvalue weighted by Crippen LogP contribution is -2.46. The molecule has 28 heavy (non-hydrogen) atoms. The molecule has 1 aliphatic heterocycles. The smallest absolute Gasteiger partial charge is 0.330 e. The van der Waals surface area contributed by atoms with Gasteiger partial charge in [0.25, 0.3) is 11.5 Å². The highest BCUT2D eigenvalue weighted by atomic mass is 16.5. The Hall–Kier alpha value is -3.07. The maximum Gasteiger partial charge on any atom is 0.330 e. The first-order chi connectivity index (χ1) is 13.5. The Balaban J connectivity index is 2.13. The van der Waals surface area contributed by atoms with Crippen molar-refractivity contribution in [3.8, 4) is 11.5 Å². The molecule has 3 rings (SSSR count). The molecular formula is C19H22N2O7. The highest BCUT2D eigenvalue weighted by Gasteiger charge is 2.25. The van der Waals surface area contributed by atoms with E-state index in [4.69, 9.17) is 9.47 Å². The molecule has 0 bridgehead atoms. The van der Waals surface area contributed by atoms with Crippen LogP contribution in [0.5, 0.6) is 11.5 Å². The van der Waals surface area contributed by atoms with Gasteiger partial charge in [-0.3, -0.25) is 9.59 Å². The van der Waals surface area contributed by atoms with E-state index in [1.165, 1.54) is 17.7 Å². The minimum atomic E-state index is -1.25. The maximum absolute atomic E-state index is 13.0. The monoisotopic (exact) mass is 390 g/mol. The van der Waals surface area contributed by atoms with Gasteiger partial charge in [-0.15, -0.1) is 0 Å². The maximum atomic E-state index is 13.0. The summed E-state index contributed by atoms with van der Waals surface area (Å²) in [5.74, 6) is -0.593. The Morgan fingerprint density at radius 2 is 2.11 bits per heavy atom. The zero-order chi connectivity index (χ0) is 20.3. The number of nitrogens with zero attached hydrogens (tertiary/aromatic N) is 1. The minimum absolute atomic E-state index is 0.133. The predicted octanol–water partition coefficient (Wildman–Crippen LogP) is 0.446. The number of benzene rings is 1. The lowest BCUT2D eigenvalue weighted by atomic mass is 10.1. The van der Waals surface area contributed by atoms with Crippen LogP contribution < -0.4 is 20.3 Å². The number of aliphatic hydroxyl groups is 1. The van der Waals surface area contributed by atoms with Crippen LogP contribution in [0.4, 0.5) is 0 Å². The number of rotatable bonds is 5. The number of hydrogen-bond acceptors (Lipinski definition) is 7. The van der Waals surface area contributed by atoms with Gasteiger partial charge in [-0.2, -0.15) is 0 Å². The van der Waals surface area contributed by atoms with Crippen molar-refractivity contribution in [2.75, 3.05) is 27.4 Å². The predicted molar refractivity (Wildman–Crippen MR) is 99.8 cm³/mol. The van der Waals surface area contributed by atoms with Gasteiger partial charge in [0.05, 0.1) is 33.0 Å². The summed E-state index contributed by atoms with van der Waals surface area (Å²) >= 11 is 0. The highest BCUT2D eigenvalue weighted by Crippen LogP contribution is 2.36. The van der Waals surface area contributed by atoms with Gasteiger partial charge in [0, 0.05) is 11.9 Å². The molecule has 0 aliphatic carbocycles. The Kier molecular flexibility index (Phi) is 5.84. The van der Waals surface area contributed by atoms with Gasteiger partial charge < -0.3 is 29.2 Å². The van der Waals surface area contributed by atoms with Crippen molar-refractivity contribution in [3.05, 3.63) is 34.1 Å². The molecule has 0 fully saturated rings. The first-order valence-electron chi connectivity index (χ1n) is 8.88. The van der Waals surface area contributed by atoms with E-state index in [1.54, 1.807) is 12.1 Å². The van der Waals surface area contributed by atoms with Crippen LogP contribution in [-0.2, 0) is 16.1 Å². The molecule has 0 spiro atoms.